The fraction of sp³-hybridized carbons (Fsp3) is 0.111. The van der Waals surface area contributed by atoms with Gasteiger partial charge in [-0.15, -0.1) is 0 Å². The Morgan fingerprint density at radius 2 is 1.92 bits per heavy atom. The second-order valence-electron chi connectivity index (χ2n) is 5.79. The number of amides is 2. The van der Waals surface area contributed by atoms with Crippen molar-refractivity contribution in [3.63, 3.8) is 0 Å². The van der Waals surface area contributed by atoms with Crippen molar-refractivity contribution in [2.45, 2.75) is 13.3 Å². The summed E-state index contributed by atoms with van der Waals surface area (Å²) in [4.78, 5) is 37.6. The predicted molar refractivity (Wildman–Crippen MR) is 95.4 cm³/mol. The summed E-state index contributed by atoms with van der Waals surface area (Å²) in [7, 11) is 0. The van der Waals surface area contributed by atoms with Crippen molar-refractivity contribution in [3.05, 3.63) is 75.5 Å². The Bertz CT molecular complexity index is 1010. The van der Waals surface area contributed by atoms with Crippen LogP contribution in [0.4, 0.5) is 5.69 Å². The number of carbonyl (C=O) groups is 2. The summed E-state index contributed by atoms with van der Waals surface area (Å²) in [5, 5.41) is 11.8. The van der Waals surface area contributed by atoms with Crippen molar-refractivity contribution < 1.29 is 14.5 Å². The van der Waals surface area contributed by atoms with Gasteiger partial charge in [0.2, 0.25) is 5.91 Å². The number of hydrogen-bond donors (Lipinski definition) is 3. The standard InChI is InChI=1S/C18H16N4O4/c1-11-6-7-13(22(25)26)9-15(11)18(24)21-20-17(23)8-12-10-19-16-5-3-2-4-14(12)16/h2-7,9-10,19H,8H2,1H3,(H,20,23)(H,21,24). The summed E-state index contributed by atoms with van der Waals surface area (Å²) >= 11 is 0. The van der Waals surface area contributed by atoms with Crippen molar-refractivity contribution in [3.8, 4) is 0 Å². The Kier molecular flexibility index (Phi) is 4.66. The molecule has 2 amide bonds. The van der Waals surface area contributed by atoms with Crippen LogP contribution < -0.4 is 10.9 Å². The van der Waals surface area contributed by atoms with Crippen LogP contribution >= 0.6 is 0 Å². The fourth-order valence-electron chi connectivity index (χ4n) is 2.66. The smallest absolute Gasteiger partial charge is 0.270 e. The molecule has 3 aromatic rings. The topological polar surface area (TPSA) is 117 Å². The third-order valence-corrected chi connectivity index (χ3v) is 4.02. The highest BCUT2D eigenvalue weighted by Crippen LogP contribution is 2.18. The van der Waals surface area contributed by atoms with Gasteiger partial charge in [-0.25, -0.2) is 0 Å². The van der Waals surface area contributed by atoms with E-state index >= 15 is 0 Å². The largest absolute Gasteiger partial charge is 0.361 e. The van der Waals surface area contributed by atoms with E-state index in [-0.39, 0.29) is 17.7 Å². The molecule has 3 N–H and O–H groups in total. The fourth-order valence-corrected chi connectivity index (χ4v) is 2.66. The first kappa shape index (κ1) is 17.2. The highest BCUT2D eigenvalue weighted by atomic mass is 16.6. The van der Waals surface area contributed by atoms with Crippen LogP contribution in [0.15, 0.2) is 48.7 Å². The highest BCUT2D eigenvalue weighted by Gasteiger charge is 2.15. The molecule has 8 nitrogen and oxygen atoms in total. The van der Waals surface area contributed by atoms with Gasteiger partial charge in [0.15, 0.2) is 0 Å². The quantitative estimate of drug-likeness (QED) is 0.493. The molecular formula is C18H16N4O4. The molecule has 1 aromatic heterocycles. The number of nitrogens with zero attached hydrogens (tertiary/aromatic N) is 1. The molecule has 8 heteroatoms. The lowest BCUT2D eigenvalue weighted by molar-refractivity contribution is -0.384. The molecule has 132 valence electrons. The monoisotopic (exact) mass is 352 g/mol. The van der Waals surface area contributed by atoms with Crippen molar-refractivity contribution in [1.29, 1.82) is 0 Å². The van der Waals surface area contributed by atoms with Gasteiger partial charge < -0.3 is 4.98 Å². The van der Waals surface area contributed by atoms with Gasteiger partial charge in [0.05, 0.1) is 16.9 Å². The molecule has 0 aliphatic rings. The molecule has 0 unspecified atom stereocenters. The number of aromatic amines is 1. The van der Waals surface area contributed by atoms with Crippen LogP contribution in [0.25, 0.3) is 10.9 Å². The van der Waals surface area contributed by atoms with E-state index < -0.39 is 16.7 Å². The minimum Gasteiger partial charge on any atom is -0.361 e. The van der Waals surface area contributed by atoms with E-state index in [0.29, 0.717) is 5.56 Å². The predicted octanol–water partition coefficient (Wildman–Crippen LogP) is 2.39. The van der Waals surface area contributed by atoms with E-state index in [1.165, 1.54) is 18.2 Å². The summed E-state index contributed by atoms with van der Waals surface area (Å²) in [5.41, 5.74) is 6.87. The number of carbonyl (C=O) groups excluding carboxylic acids is 2. The van der Waals surface area contributed by atoms with Gasteiger partial charge in [-0.3, -0.25) is 30.6 Å². The third kappa shape index (κ3) is 3.54. The Morgan fingerprint density at radius 3 is 2.69 bits per heavy atom. The van der Waals surface area contributed by atoms with Crippen molar-refractivity contribution >= 4 is 28.4 Å². The minimum absolute atomic E-state index is 0.0816. The molecule has 0 saturated carbocycles. The zero-order chi connectivity index (χ0) is 18.7. The van der Waals surface area contributed by atoms with Crippen molar-refractivity contribution in [2.24, 2.45) is 0 Å². The van der Waals surface area contributed by atoms with Crippen LogP contribution in [0.3, 0.4) is 0 Å². The van der Waals surface area contributed by atoms with E-state index in [9.17, 15) is 19.7 Å². The average Bonchev–Trinajstić information content (AvgIpc) is 3.03. The third-order valence-electron chi connectivity index (χ3n) is 4.02. The van der Waals surface area contributed by atoms with Crippen LogP contribution in [0.1, 0.15) is 21.5 Å². The lowest BCUT2D eigenvalue weighted by atomic mass is 10.1. The highest BCUT2D eigenvalue weighted by molar-refractivity contribution is 5.97. The number of non-ortho nitro benzene ring substituents is 1. The summed E-state index contributed by atoms with van der Waals surface area (Å²) < 4.78 is 0. The van der Waals surface area contributed by atoms with Crippen molar-refractivity contribution in [2.75, 3.05) is 0 Å². The second-order valence-corrected chi connectivity index (χ2v) is 5.79. The molecule has 1 heterocycles. The van der Waals surface area contributed by atoms with Gasteiger partial charge in [0.1, 0.15) is 0 Å². The average molecular weight is 352 g/mol. The maximum Gasteiger partial charge on any atom is 0.270 e. The molecule has 0 aliphatic heterocycles. The number of aryl methyl sites for hydroxylation is 1. The molecule has 0 radical (unpaired) electrons. The van der Waals surface area contributed by atoms with E-state index in [4.69, 9.17) is 0 Å². The zero-order valence-electron chi connectivity index (χ0n) is 13.9. The molecular weight excluding hydrogens is 336 g/mol. The number of H-pyrrole nitrogens is 1. The summed E-state index contributed by atoms with van der Waals surface area (Å²) in [5.74, 6) is -1.01. The SMILES string of the molecule is Cc1ccc([N+](=O)[O-])cc1C(=O)NNC(=O)Cc1c[nH]c2ccccc12. The number of rotatable bonds is 4. The van der Waals surface area contributed by atoms with Gasteiger partial charge in [0, 0.05) is 29.2 Å². The number of nitro groups is 1. The first-order chi connectivity index (χ1) is 12.5. The van der Waals surface area contributed by atoms with Crippen LogP contribution in [-0.2, 0) is 11.2 Å². The Morgan fingerprint density at radius 1 is 1.15 bits per heavy atom. The number of fused-ring (bicyclic) bond motifs is 1. The van der Waals surface area contributed by atoms with Gasteiger partial charge in [-0.05, 0) is 24.1 Å². The molecule has 3 rings (SSSR count). The minimum atomic E-state index is -0.613. The van der Waals surface area contributed by atoms with Crippen LogP contribution in [0, 0.1) is 17.0 Å². The molecule has 2 aromatic carbocycles. The van der Waals surface area contributed by atoms with Gasteiger partial charge in [-0.2, -0.15) is 0 Å². The summed E-state index contributed by atoms with van der Waals surface area (Å²) in [6.45, 7) is 1.66. The van der Waals surface area contributed by atoms with Crippen LogP contribution in [-0.4, -0.2) is 21.7 Å². The number of para-hydroxylation sites is 1. The Hall–Kier alpha value is -3.68. The second kappa shape index (κ2) is 7.06. The number of nitro benzene ring substituents is 1. The van der Waals surface area contributed by atoms with Crippen LogP contribution in [0.5, 0.6) is 0 Å². The van der Waals surface area contributed by atoms with Crippen LogP contribution in [0.2, 0.25) is 0 Å². The number of hydrogen-bond acceptors (Lipinski definition) is 4. The zero-order valence-corrected chi connectivity index (χ0v) is 13.9. The number of aromatic nitrogens is 1. The molecule has 0 spiro atoms. The van der Waals surface area contributed by atoms with Gasteiger partial charge in [0.25, 0.3) is 11.6 Å². The lowest BCUT2D eigenvalue weighted by Gasteiger charge is -2.09. The summed E-state index contributed by atoms with van der Waals surface area (Å²) in [6.07, 6.45) is 1.83. The lowest BCUT2D eigenvalue weighted by Crippen LogP contribution is -2.42. The summed E-state index contributed by atoms with van der Waals surface area (Å²) in [6, 6.07) is 11.6. The van der Waals surface area contributed by atoms with E-state index in [1.807, 2.05) is 24.3 Å². The molecule has 0 bridgehead atoms. The maximum atomic E-state index is 12.2. The molecule has 26 heavy (non-hydrogen) atoms. The van der Waals surface area contributed by atoms with E-state index in [2.05, 4.69) is 15.8 Å². The Labute approximate surface area is 148 Å². The molecule has 0 atom stereocenters. The molecule has 0 saturated heterocycles. The number of nitrogens with one attached hydrogen (secondary N) is 3. The van der Waals surface area contributed by atoms with Gasteiger partial charge in [-0.1, -0.05) is 24.3 Å². The number of hydrazine groups is 1. The van der Waals surface area contributed by atoms with E-state index in [1.54, 1.807) is 13.1 Å². The van der Waals surface area contributed by atoms with Crippen molar-refractivity contribution in [1.82, 2.24) is 15.8 Å². The molecule has 0 aliphatic carbocycles. The maximum absolute atomic E-state index is 12.2. The first-order valence-corrected chi connectivity index (χ1v) is 7.85. The number of benzene rings is 2. The normalized spacial score (nSPS) is 10.5. The Balaban J connectivity index is 1.65. The molecule has 0 fully saturated rings. The first-order valence-electron chi connectivity index (χ1n) is 7.85. The van der Waals surface area contributed by atoms with Gasteiger partial charge >= 0.3 is 0 Å². The van der Waals surface area contributed by atoms with E-state index in [0.717, 1.165) is 16.5 Å².